The summed E-state index contributed by atoms with van der Waals surface area (Å²) in [6.45, 7) is 6.64. The minimum Gasteiger partial charge on any atom is -0.351 e. The summed E-state index contributed by atoms with van der Waals surface area (Å²) in [5.74, 6) is 0. The molecule has 0 aromatic rings. The first-order chi connectivity index (χ1) is 4.91. The van der Waals surface area contributed by atoms with Crippen molar-refractivity contribution in [2.24, 2.45) is 0 Å². The highest BCUT2D eigenvalue weighted by atomic mass is 127. The second-order valence-electron chi connectivity index (χ2n) is 3.54. The number of hydrogen-bond acceptors (Lipinski definition) is 2. The van der Waals surface area contributed by atoms with E-state index >= 15 is 0 Å². The number of alkyl halides is 1. The van der Waals surface area contributed by atoms with Gasteiger partial charge in [0.15, 0.2) is 4.17 Å². The van der Waals surface area contributed by atoms with Crippen LogP contribution in [0.1, 0.15) is 20.8 Å². The van der Waals surface area contributed by atoms with Crippen LogP contribution in [0.4, 0.5) is 0 Å². The van der Waals surface area contributed by atoms with Crippen molar-refractivity contribution in [3.63, 3.8) is 0 Å². The molecule has 0 saturated heterocycles. The first kappa shape index (κ1) is 9.88. The summed E-state index contributed by atoms with van der Waals surface area (Å²) < 4.78 is 1.62. The molecule has 0 saturated carbocycles. The number of hydrogen-bond donors (Lipinski definition) is 1. The molecule has 0 amide bonds. The van der Waals surface area contributed by atoms with E-state index < -0.39 is 0 Å². The Morgan fingerprint density at radius 3 is 2.27 bits per heavy atom. The number of halogens is 2. The summed E-state index contributed by atoms with van der Waals surface area (Å²) in [5.41, 5.74) is 0.214. The van der Waals surface area contributed by atoms with Crippen LogP contribution in [0.3, 0.4) is 0 Å². The van der Waals surface area contributed by atoms with Crippen LogP contribution in [0.15, 0.2) is 9.90 Å². The summed E-state index contributed by atoms with van der Waals surface area (Å²) >= 11 is 4.70. The average molecular weight is 378 g/mol. The van der Waals surface area contributed by atoms with Gasteiger partial charge in [-0.25, -0.2) is 0 Å². The molecule has 0 aromatic heterocycles. The molecule has 0 fully saturated rings. The largest absolute Gasteiger partial charge is 0.351 e. The van der Waals surface area contributed by atoms with Crippen LogP contribution in [-0.2, 0) is 0 Å². The fourth-order valence-corrected chi connectivity index (χ4v) is 3.46. The van der Waals surface area contributed by atoms with Gasteiger partial charge in [0.1, 0.15) is 0 Å². The van der Waals surface area contributed by atoms with Gasteiger partial charge >= 0.3 is 0 Å². The van der Waals surface area contributed by atoms with Gasteiger partial charge in [-0.1, -0.05) is 0 Å². The summed E-state index contributed by atoms with van der Waals surface area (Å²) in [6.07, 6.45) is 2.16. The van der Waals surface area contributed by atoms with Gasteiger partial charge in [0.25, 0.3) is 0 Å². The van der Waals surface area contributed by atoms with E-state index in [1.807, 2.05) is 0 Å². The van der Waals surface area contributed by atoms with E-state index in [0.29, 0.717) is 4.17 Å². The Hall–Kier alpha value is 0.800. The molecule has 1 aliphatic heterocycles. The Kier molecular flexibility index (Phi) is 2.94. The Bertz CT molecular complexity index is 183. The molecule has 1 rings (SSSR count). The smallest absolute Gasteiger partial charge is 0.153 e. The van der Waals surface area contributed by atoms with Gasteiger partial charge in [0.2, 0.25) is 0 Å². The standard InChI is InChI=1S/C7H12I2N2/c1-7(2,3)11-4-5(8)10-6(11)9/h4,6,10H,1-3H3. The molecule has 0 bridgehead atoms. The van der Waals surface area contributed by atoms with Crippen LogP contribution >= 0.6 is 45.2 Å². The van der Waals surface area contributed by atoms with E-state index in [9.17, 15) is 0 Å². The van der Waals surface area contributed by atoms with Crippen LogP contribution in [0, 0.1) is 0 Å². The Morgan fingerprint density at radius 1 is 1.55 bits per heavy atom. The maximum Gasteiger partial charge on any atom is 0.153 e. The summed E-state index contributed by atoms with van der Waals surface area (Å²) in [5, 5.41) is 3.33. The topological polar surface area (TPSA) is 15.3 Å². The van der Waals surface area contributed by atoms with Crippen molar-refractivity contribution in [1.29, 1.82) is 0 Å². The number of nitrogens with zero attached hydrogens (tertiary/aromatic N) is 1. The van der Waals surface area contributed by atoms with Gasteiger partial charge in [-0.2, -0.15) is 0 Å². The molecule has 0 radical (unpaired) electrons. The van der Waals surface area contributed by atoms with E-state index in [4.69, 9.17) is 0 Å². The summed E-state index contributed by atoms with van der Waals surface area (Å²) in [6, 6.07) is 0. The average Bonchev–Trinajstić information content (AvgIpc) is 2.08. The molecule has 1 unspecified atom stereocenters. The first-order valence-corrected chi connectivity index (χ1v) is 5.80. The molecule has 1 heterocycles. The Morgan fingerprint density at radius 2 is 2.09 bits per heavy atom. The molecule has 64 valence electrons. The fourth-order valence-electron chi connectivity index (χ4n) is 0.942. The lowest BCUT2D eigenvalue weighted by atomic mass is 10.1. The highest BCUT2D eigenvalue weighted by molar-refractivity contribution is 14.1. The van der Waals surface area contributed by atoms with E-state index in [1.54, 1.807) is 0 Å². The van der Waals surface area contributed by atoms with E-state index in [1.165, 1.54) is 3.70 Å². The second kappa shape index (κ2) is 3.27. The zero-order valence-electron chi connectivity index (χ0n) is 6.86. The lowest BCUT2D eigenvalue weighted by Crippen LogP contribution is -2.42. The van der Waals surface area contributed by atoms with Crippen LogP contribution < -0.4 is 5.32 Å². The predicted octanol–water partition coefficient (Wildman–Crippen LogP) is 2.64. The quantitative estimate of drug-likeness (QED) is 0.396. The predicted molar refractivity (Wildman–Crippen MR) is 64.6 cm³/mol. The molecule has 1 aliphatic rings. The molecule has 1 N–H and O–H groups in total. The Balaban J connectivity index is 2.74. The third-order valence-corrected chi connectivity index (χ3v) is 3.03. The molecule has 2 nitrogen and oxygen atoms in total. The molecule has 0 spiro atoms. The van der Waals surface area contributed by atoms with E-state index in [-0.39, 0.29) is 5.54 Å². The second-order valence-corrected chi connectivity index (χ2v) is 5.88. The van der Waals surface area contributed by atoms with Gasteiger partial charge < -0.3 is 10.2 Å². The lowest BCUT2D eigenvalue weighted by Gasteiger charge is -2.34. The van der Waals surface area contributed by atoms with Crippen molar-refractivity contribution >= 4 is 45.2 Å². The van der Waals surface area contributed by atoms with Crippen molar-refractivity contribution in [3.05, 3.63) is 9.90 Å². The van der Waals surface area contributed by atoms with E-state index in [0.717, 1.165) is 0 Å². The fraction of sp³-hybridized carbons (Fsp3) is 0.714. The van der Waals surface area contributed by atoms with Gasteiger partial charge in [0.05, 0.1) is 3.70 Å². The first-order valence-electron chi connectivity index (χ1n) is 3.47. The minimum atomic E-state index is 0.214. The summed E-state index contributed by atoms with van der Waals surface area (Å²) in [4.78, 5) is 2.31. The van der Waals surface area contributed by atoms with Crippen molar-refractivity contribution < 1.29 is 0 Å². The maximum atomic E-state index is 3.33. The molecule has 4 heteroatoms. The number of rotatable bonds is 0. The molecular formula is C7H12I2N2. The Labute approximate surface area is 95.1 Å². The third-order valence-electron chi connectivity index (χ3n) is 1.53. The van der Waals surface area contributed by atoms with Crippen molar-refractivity contribution in [2.75, 3.05) is 0 Å². The van der Waals surface area contributed by atoms with Gasteiger partial charge in [-0.15, -0.1) is 0 Å². The molecule has 0 aliphatic carbocycles. The highest BCUT2D eigenvalue weighted by Crippen LogP contribution is 2.27. The normalized spacial score (nSPS) is 25.0. The third kappa shape index (κ3) is 2.37. The summed E-state index contributed by atoms with van der Waals surface area (Å²) in [7, 11) is 0. The van der Waals surface area contributed by atoms with Gasteiger partial charge in [-0.05, 0) is 66.0 Å². The minimum absolute atomic E-state index is 0.214. The maximum absolute atomic E-state index is 3.33. The van der Waals surface area contributed by atoms with Gasteiger partial charge in [-0.3, -0.25) is 0 Å². The monoisotopic (exact) mass is 378 g/mol. The molecular weight excluding hydrogens is 366 g/mol. The lowest BCUT2D eigenvalue weighted by molar-refractivity contribution is 0.205. The van der Waals surface area contributed by atoms with Crippen LogP contribution in [0.5, 0.6) is 0 Å². The number of nitrogens with one attached hydrogen (secondary N) is 1. The molecule has 0 aromatic carbocycles. The zero-order chi connectivity index (χ0) is 8.65. The SMILES string of the molecule is CC(C)(C)N1C=C(I)NC1I. The zero-order valence-corrected chi connectivity index (χ0v) is 11.2. The van der Waals surface area contributed by atoms with Crippen LogP contribution in [-0.4, -0.2) is 14.6 Å². The van der Waals surface area contributed by atoms with Crippen molar-refractivity contribution in [1.82, 2.24) is 10.2 Å². The van der Waals surface area contributed by atoms with Crippen LogP contribution in [0.25, 0.3) is 0 Å². The van der Waals surface area contributed by atoms with Gasteiger partial charge in [0, 0.05) is 11.7 Å². The van der Waals surface area contributed by atoms with Crippen molar-refractivity contribution in [3.8, 4) is 0 Å². The van der Waals surface area contributed by atoms with Crippen molar-refractivity contribution in [2.45, 2.75) is 30.5 Å². The van der Waals surface area contributed by atoms with E-state index in [2.05, 4.69) is 82.4 Å². The van der Waals surface area contributed by atoms with Crippen LogP contribution in [0.2, 0.25) is 0 Å². The highest BCUT2D eigenvalue weighted by Gasteiger charge is 2.28. The molecule has 1 atom stereocenters. The molecule has 11 heavy (non-hydrogen) atoms.